The van der Waals surface area contributed by atoms with E-state index >= 15 is 0 Å². The lowest BCUT2D eigenvalue weighted by molar-refractivity contribution is -0.140. The highest BCUT2D eigenvalue weighted by Gasteiger charge is 2.64. The summed E-state index contributed by atoms with van der Waals surface area (Å²) >= 11 is 0.992. The third-order valence-corrected chi connectivity index (χ3v) is 7.35. The predicted molar refractivity (Wildman–Crippen MR) is 110 cm³/mol. The lowest BCUT2D eigenvalue weighted by Gasteiger charge is -2.38. The van der Waals surface area contributed by atoms with Crippen LogP contribution in [-0.4, -0.2) is 74.4 Å². The number of thioether (sulfide) groups is 1. The van der Waals surface area contributed by atoms with Gasteiger partial charge in [-0.2, -0.15) is 0 Å². The van der Waals surface area contributed by atoms with E-state index in [2.05, 4.69) is 10.6 Å². The molecule has 166 valence electrons. The van der Waals surface area contributed by atoms with E-state index in [4.69, 9.17) is 9.47 Å². The van der Waals surface area contributed by atoms with Crippen LogP contribution in [0.1, 0.15) is 12.0 Å². The number of hydrogen-bond donors (Lipinski definition) is 6. The molecule has 31 heavy (non-hydrogen) atoms. The van der Waals surface area contributed by atoms with E-state index in [-0.39, 0.29) is 29.2 Å². The Morgan fingerprint density at radius 2 is 1.94 bits per heavy atom. The summed E-state index contributed by atoms with van der Waals surface area (Å²) in [6.07, 6.45) is 1.09. The maximum Gasteiger partial charge on any atom is 0.269 e. The molecular weight excluding hydrogens is 428 g/mol. The van der Waals surface area contributed by atoms with E-state index in [1.54, 1.807) is 6.07 Å². The van der Waals surface area contributed by atoms with Crippen molar-refractivity contribution in [2.75, 3.05) is 14.2 Å². The number of phenols is 1. The van der Waals surface area contributed by atoms with Crippen LogP contribution in [0, 0.1) is 0 Å². The van der Waals surface area contributed by atoms with Crippen molar-refractivity contribution in [3.8, 4) is 17.2 Å². The fourth-order valence-corrected chi connectivity index (χ4v) is 5.70. The first-order valence-electron chi connectivity index (χ1n) is 9.39. The number of methoxy groups -OCH3 is 2. The molecule has 0 bridgehead atoms. The van der Waals surface area contributed by atoms with E-state index < -0.39 is 39.7 Å². The normalized spacial score (nSPS) is 35.6. The van der Waals surface area contributed by atoms with Crippen molar-refractivity contribution >= 4 is 29.7 Å². The zero-order valence-corrected chi connectivity index (χ0v) is 17.5. The fraction of sp³-hybridized carbons (Fsp3) is 0.400. The number of carbonyl (C=O) groups is 2. The van der Waals surface area contributed by atoms with Crippen LogP contribution in [0.25, 0.3) is 6.08 Å². The van der Waals surface area contributed by atoms with Gasteiger partial charge in [0.1, 0.15) is 23.5 Å². The van der Waals surface area contributed by atoms with Gasteiger partial charge in [0.25, 0.3) is 11.8 Å². The fourth-order valence-electron chi connectivity index (χ4n) is 4.05. The maximum absolute atomic E-state index is 13.0. The molecule has 2 fully saturated rings. The molecule has 4 rings (SSSR count). The van der Waals surface area contributed by atoms with Crippen LogP contribution in [0.4, 0.5) is 0 Å². The average Bonchev–Trinajstić information content (AvgIpc) is 3.04. The quantitative estimate of drug-likeness (QED) is 0.257. The summed E-state index contributed by atoms with van der Waals surface area (Å²) in [7, 11) is 2.77. The molecule has 3 aliphatic rings. The van der Waals surface area contributed by atoms with Gasteiger partial charge in [0.05, 0.1) is 19.5 Å². The Labute approximate surface area is 181 Å². The summed E-state index contributed by atoms with van der Waals surface area (Å²) in [5.74, 6) is -1.13. The number of ether oxygens (including phenoxy) is 2. The number of piperazine rings is 1. The zero-order valence-electron chi connectivity index (χ0n) is 16.7. The Kier molecular flexibility index (Phi) is 5.16. The number of benzene rings is 1. The van der Waals surface area contributed by atoms with Gasteiger partial charge in [0, 0.05) is 12.0 Å². The maximum atomic E-state index is 13.0. The lowest BCUT2D eigenvalue weighted by atomic mass is 9.79. The molecule has 1 aromatic rings. The van der Waals surface area contributed by atoms with Crippen LogP contribution < -0.4 is 20.1 Å². The molecule has 2 saturated heterocycles. The number of fused-ring (bicyclic) bond motifs is 1. The van der Waals surface area contributed by atoms with E-state index in [0.717, 1.165) is 11.8 Å². The number of nitrogens with one attached hydrogen (secondary N) is 2. The molecule has 10 nitrogen and oxygen atoms in total. The van der Waals surface area contributed by atoms with Crippen LogP contribution in [-0.2, 0) is 9.59 Å². The second-order valence-electron chi connectivity index (χ2n) is 7.56. The Balaban J connectivity index is 1.62. The van der Waals surface area contributed by atoms with E-state index in [9.17, 15) is 30.0 Å². The van der Waals surface area contributed by atoms with Gasteiger partial charge in [0.15, 0.2) is 16.4 Å². The second kappa shape index (κ2) is 7.45. The third kappa shape index (κ3) is 3.24. The van der Waals surface area contributed by atoms with Gasteiger partial charge in [-0.3, -0.25) is 9.59 Å². The molecule has 0 unspecified atom stereocenters. The molecule has 0 saturated carbocycles. The van der Waals surface area contributed by atoms with Crippen LogP contribution >= 0.6 is 11.8 Å². The van der Waals surface area contributed by atoms with E-state index in [1.807, 2.05) is 0 Å². The van der Waals surface area contributed by atoms with Gasteiger partial charge in [-0.1, -0.05) is 12.2 Å². The third-order valence-electron chi connectivity index (χ3n) is 5.70. The summed E-state index contributed by atoms with van der Waals surface area (Å²) in [6, 6.07) is 3.04. The minimum absolute atomic E-state index is 0.0767. The standard InChI is InChI=1S/C20H22N2O8S/c1-29-12-5-3-9(14(24)15(12)30-2)7-10-17(26)22-20(18(27)21-10)8-19(28)13(31-20)6-4-11(23)16(19)25/h3-7,11,13,16,23-25,28H,8H2,1-2H3,(H,21,27)(H,22,26)/t11-,13+,16+,19+,20-/m1/s1. The number of aliphatic hydroxyl groups is 3. The summed E-state index contributed by atoms with van der Waals surface area (Å²) in [5.41, 5.74) is -1.68. The van der Waals surface area contributed by atoms with Crippen molar-refractivity contribution < 1.29 is 39.5 Å². The molecular formula is C20H22N2O8S. The van der Waals surface area contributed by atoms with Crippen LogP contribution in [0.2, 0.25) is 0 Å². The van der Waals surface area contributed by atoms with Gasteiger partial charge in [-0.15, -0.1) is 11.8 Å². The van der Waals surface area contributed by atoms with Crippen molar-refractivity contribution in [1.29, 1.82) is 0 Å². The molecule has 6 N–H and O–H groups in total. The zero-order chi connectivity index (χ0) is 22.6. The summed E-state index contributed by atoms with van der Waals surface area (Å²) in [6.45, 7) is 0. The Bertz CT molecular complexity index is 1010. The van der Waals surface area contributed by atoms with Crippen LogP contribution in [0.3, 0.4) is 0 Å². The minimum atomic E-state index is -1.79. The Morgan fingerprint density at radius 1 is 1.19 bits per heavy atom. The second-order valence-corrected chi connectivity index (χ2v) is 9.00. The first kappa shape index (κ1) is 21.5. The monoisotopic (exact) mass is 450 g/mol. The van der Waals surface area contributed by atoms with Crippen molar-refractivity contribution in [1.82, 2.24) is 10.6 Å². The van der Waals surface area contributed by atoms with Gasteiger partial charge < -0.3 is 40.5 Å². The SMILES string of the molecule is COc1ccc(C=C2NC(=O)[C@]3(C[C@]4(O)[C@H](C=C[C@@H](O)[C@@H]4O)S3)NC2=O)c(O)c1OC. The van der Waals surface area contributed by atoms with Crippen LogP contribution in [0.5, 0.6) is 17.2 Å². The number of carbonyl (C=O) groups excluding carboxylic acids is 2. The molecule has 2 amide bonds. The lowest BCUT2D eigenvalue weighted by Crippen LogP contribution is -2.63. The highest BCUT2D eigenvalue weighted by atomic mass is 32.2. The first-order chi connectivity index (χ1) is 14.6. The molecule has 1 spiro atoms. The summed E-state index contributed by atoms with van der Waals surface area (Å²) < 4.78 is 10.2. The smallest absolute Gasteiger partial charge is 0.269 e. The highest BCUT2D eigenvalue weighted by Crippen LogP contribution is 2.52. The average molecular weight is 450 g/mol. The molecule has 0 aromatic heterocycles. The number of phenolic OH excluding ortho intramolecular Hbond substituents is 1. The largest absolute Gasteiger partial charge is 0.504 e. The molecule has 5 atom stereocenters. The van der Waals surface area contributed by atoms with Crippen molar-refractivity contribution in [2.45, 2.75) is 34.4 Å². The van der Waals surface area contributed by atoms with Crippen molar-refractivity contribution in [3.05, 3.63) is 35.5 Å². The Morgan fingerprint density at radius 3 is 2.61 bits per heavy atom. The van der Waals surface area contributed by atoms with Gasteiger partial charge in [-0.25, -0.2) is 0 Å². The van der Waals surface area contributed by atoms with Gasteiger partial charge >= 0.3 is 0 Å². The molecule has 2 aliphatic heterocycles. The van der Waals surface area contributed by atoms with Gasteiger partial charge in [-0.05, 0) is 18.2 Å². The summed E-state index contributed by atoms with van der Waals surface area (Å²) in [4.78, 5) is 24.2. The summed E-state index contributed by atoms with van der Waals surface area (Å²) in [5, 5.41) is 45.9. The highest BCUT2D eigenvalue weighted by molar-refractivity contribution is 8.02. The van der Waals surface area contributed by atoms with Crippen LogP contribution in [0.15, 0.2) is 30.0 Å². The van der Waals surface area contributed by atoms with E-state index in [0.29, 0.717) is 5.75 Å². The molecule has 2 heterocycles. The number of aliphatic hydroxyl groups excluding tert-OH is 2. The Hall–Kier alpha value is -2.73. The van der Waals surface area contributed by atoms with E-state index in [1.165, 1.54) is 38.5 Å². The molecule has 1 aliphatic carbocycles. The van der Waals surface area contributed by atoms with Crippen molar-refractivity contribution in [3.63, 3.8) is 0 Å². The molecule has 1 aromatic carbocycles. The molecule has 11 heteroatoms. The topological polar surface area (TPSA) is 158 Å². The predicted octanol–water partition coefficient (Wildman–Crippen LogP) is -0.779. The number of aromatic hydroxyl groups is 1. The number of amides is 2. The number of hydrogen-bond acceptors (Lipinski definition) is 9. The van der Waals surface area contributed by atoms with Gasteiger partial charge in [0.2, 0.25) is 5.75 Å². The number of rotatable bonds is 3. The van der Waals surface area contributed by atoms with Crippen molar-refractivity contribution in [2.24, 2.45) is 0 Å². The minimum Gasteiger partial charge on any atom is -0.504 e. The first-order valence-corrected chi connectivity index (χ1v) is 10.3. The molecule has 0 radical (unpaired) electrons.